The second-order valence-electron chi connectivity index (χ2n) is 7.65. The van der Waals surface area contributed by atoms with Gasteiger partial charge in [-0.05, 0) is 48.3 Å². The zero-order valence-corrected chi connectivity index (χ0v) is 11.8. The van der Waals surface area contributed by atoms with Crippen LogP contribution in [0, 0.1) is 28.1 Å². The van der Waals surface area contributed by atoms with Crippen molar-refractivity contribution in [3.05, 3.63) is 0 Å². The van der Waals surface area contributed by atoms with Gasteiger partial charge in [0.2, 0.25) is 0 Å². The highest BCUT2D eigenvalue weighted by Gasteiger charge is 2.73. The summed E-state index contributed by atoms with van der Waals surface area (Å²) >= 11 is 0. The average Bonchev–Trinajstić information content (AvgIpc) is 2.66. The van der Waals surface area contributed by atoms with Gasteiger partial charge in [0.15, 0.2) is 0 Å². The number of ketones is 1. The molecule has 17 heavy (non-hydrogen) atoms. The van der Waals surface area contributed by atoms with Gasteiger partial charge in [0.1, 0.15) is 5.78 Å². The van der Waals surface area contributed by atoms with Crippen molar-refractivity contribution < 1.29 is 4.79 Å². The van der Waals surface area contributed by atoms with Crippen molar-refractivity contribution in [1.82, 2.24) is 0 Å². The van der Waals surface area contributed by atoms with Gasteiger partial charge in [-0.15, -0.1) is 0 Å². The van der Waals surface area contributed by atoms with E-state index in [1.807, 2.05) is 0 Å². The molecule has 0 aliphatic heterocycles. The molecule has 3 fully saturated rings. The van der Waals surface area contributed by atoms with Crippen LogP contribution in [0.15, 0.2) is 0 Å². The van der Waals surface area contributed by atoms with E-state index in [2.05, 4.69) is 27.7 Å². The van der Waals surface area contributed by atoms with Crippen molar-refractivity contribution in [2.75, 3.05) is 0 Å². The number of carbonyl (C=O) groups excluding carboxylic acids is 1. The lowest BCUT2D eigenvalue weighted by Gasteiger charge is -2.57. The predicted octanol–water partition coefficient (Wildman–Crippen LogP) is 4.21. The topological polar surface area (TPSA) is 17.1 Å². The molecule has 0 spiro atoms. The third-order valence-electron chi connectivity index (χ3n) is 7.02. The predicted molar refractivity (Wildman–Crippen MR) is 69.7 cm³/mol. The van der Waals surface area contributed by atoms with E-state index in [4.69, 9.17) is 0 Å². The summed E-state index contributed by atoms with van der Waals surface area (Å²) in [5.41, 5.74) is 0.626. The molecule has 0 saturated heterocycles. The van der Waals surface area contributed by atoms with Crippen molar-refractivity contribution in [3.63, 3.8) is 0 Å². The Morgan fingerprint density at radius 2 is 1.76 bits per heavy atom. The molecule has 1 heteroatoms. The summed E-state index contributed by atoms with van der Waals surface area (Å²) in [6.45, 7) is 9.50. The van der Waals surface area contributed by atoms with Crippen LogP contribution in [0.2, 0.25) is 0 Å². The molecule has 0 unspecified atom stereocenters. The van der Waals surface area contributed by atoms with E-state index in [1.54, 1.807) is 0 Å². The van der Waals surface area contributed by atoms with Crippen molar-refractivity contribution >= 4 is 5.78 Å². The first kappa shape index (κ1) is 11.7. The van der Waals surface area contributed by atoms with Crippen LogP contribution in [0.3, 0.4) is 0 Å². The van der Waals surface area contributed by atoms with Crippen LogP contribution < -0.4 is 0 Å². The molecule has 3 rings (SSSR count). The molecule has 96 valence electrons. The smallest absolute Gasteiger partial charge is 0.140 e. The van der Waals surface area contributed by atoms with Gasteiger partial charge < -0.3 is 0 Å². The van der Waals surface area contributed by atoms with E-state index >= 15 is 0 Å². The fourth-order valence-corrected chi connectivity index (χ4v) is 6.37. The van der Waals surface area contributed by atoms with Crippen LogP contribution in [-0.2, 0) is 4.79 Å². The first-order valence-corrected chi connectivity index (χ1v) is 7.42. The molecule has 3 aliphatic rings. The Bertz CT molecular complexity index is 370. The van der Waals surface area contributed by atoms with Gasteiger partial charge in [-0.2, -0.15) is 0 Å². The molecule has 0 heterocycles. The maximum Gasteiger partial charge on any atom is 0.140 e. The highest BCUT2D eigenvalue weighted by atomic mass is 16.1. The number of hydrogen-bond acceptors (Lipinski definition) is 1. The lowest BCUT2D eigenvalue weighted by atomic mass is 9.46. The monoisotopic (exact) mass is 234 g/mol. The summed E-state index contributed by atoms with van der Waals surface area (Å²) in [5.74, 6) is 1.98. The Morgan fingerprint density at radius 3 is 2.41 bits per heavy atom. The maximum atomic E-state index is 12.8. The van der Waals surface area contributed by atoms with Gasteiger partial charge in [0, 0.05) is 11.8 Å². The van der Waals surface area contributed by atoms with Gasteiger partial charge in [-0.25, -0.2) is 0 Å². The summed E-state index contributed by atoms with van der Waals surface area (Å²) < 4.78 is 0. The van der Waals surface area contributed by atoms with Crippen molar-refractivity contribution in [3.8, 4) is 0 Å². The van der Waals surface area contributed by atoms with Crippen molar-refractivity contribution in [2.45, 2.75) is 66.2 Å². The molecule has 0 aromatic heterocycles. The van der Waals surface area contributed by atoms with Crippen LogP contribution in [-0.4, -0.2) is 5.78 Å². The second-order valence-corrected chi connectivity index (χ2v) is 7.65. The van der Waals surface area contributed by atoms with Gasteiger partial charge in [0.25, 0.3) is 0 Å². The Labute approximate surface area is 105 Å². The molecular weight excluding hydrogens is 208 g/mol. The molecular formula is C16H26O. The minimum Gasteiger partial charge on any atom is -0.299 e. The minimum absolute atomic E-state index is 0.0388. The third-order valence-corrected chi connectivity index (χ3v) is 7.02. The molecule has 0 amide bonds. The first-order valence-electron chi connectivity index (χ1n) is 7.42. The standard InChI is InChI=1S/C16H26O/c1-11-6-9-16-13(17)10-12(2)15(11,16)8-5-7-14(16,3)4/h11-12H,5-10H2,1-4H3/t11-,12+,15+,16-/m1/s1. The molecule has 0 aromatic rings. The molecule has 3 aliphatic carbocycles. The zero-order valence-electron chi connectivity index (χ0n) is 11.8. The molecule has 1 nitrogen and oxygen atoms in total. The number of hydrogen-bond donors (Lipinski definition) is 0. The van der Waals surface area contributed by atoms with Crippen LogP contribution in [0.4, 0.5) is 0 Å². The van der Waals surface area contributed by atoms with Crippen LogP contribution >= 0.6 is 0 Å². The van der Waals surface area contributed by atoms with E-state index in [0.29, 0.717) is 17.1 Å². The summed E-state index contributed by atoms with van der Waals surface area (Å²) in [6, 6.07) is 0. The van der Waals surface area contributed by atoms with Gasteiger partial charge in [-0.1, -0.05) is 34.1 Å². The van der Waals surface area contributed by atoms with Gasteiger partial charge in [0.05, 0.1) is 0 Å². The lowest BCUT2D eigenvalue weighted by molar-refractivity contribution is -0.149. The van der Waals surface area contributed by atoms with Gasteiger partial charge >= 0.3 is 0 Å². The maximum absolute atomic E-state index is 12.8. The Morgan fingerprint density at radius 1 is 1.06 bits per heavy atom. The molecule has 0 aromatic carbocycles. The molecule has 3 saturated carbocycles. The number of rotatable bonds is 0. The summed E-state index contributed by atoms with van der Waals surface area (Å²) in [7, 11) is 0. The normalized spacial score (nSPS) is 52.4. The van der Waals surface area contributed by atoms with E-state index in [-0.39, 0.29) is 10.8 Å². The van der Waals surface area contributed by atoms with Gasteiger partial charge in [-0.3, -0.25) is 4.79 Å². The fraction of sp³-hybridized carbons (Fsp3) is 0.938. The highest BCUT2D eigenvalue weighted by molar-refractivity contribution is 5.90. The Hall–Kier alpha value is -0.330. The zero-order chi connectivity index (χ0) is 12.5. The van der Waals surface area contributed by atoms with E-state index in [1.165, 1.54) is 32.1 Å². The lowest BCUT2D eigenvalue weighted by Crippen LogP contribution is -2.54. The molecule has 0 radical (unpaired) electrons. The van der Waals surface area contributed by atoms with Crippen LogP contribution in [0.1, 0.15) is 66.2 Å². The minimum atomic E-state index is 0.0388. The largest absolute Gasteiger partial charge is 0.299 e. The average molecular weight is 234 g/mol. The first-order chi connectivity index (χ1) is 7.88. The Balaban J connectivity index is 2.23. The fourth-order valence-electron chi connectivity index (χ4n) is 6.37. The summed E-state index contributed by atoms with van der Waals surface area (Å²) in [6.07, 6.45) is 7.19. The number of carbonyl (C=O) groups is 1. The third kappa shape index (κ3) is 1.02. The van der Waals surface area contributed by atoms with E-state index in [0.717, 1.165) is 12.3 Å². The molecule has 4 atom stereocenters. The summed E-state index contributed by atoms with van der Waals surface area (Å²) in [4.78, 5) is 12.8. The van der Waals surface area contributed by atoms with Crippen molar-refractivity contribution in [1.29, 1.82) is 0 Å². The highest BCUT2D eigenvalue weighted by Crippen LogP contribution is 2.76. The Kier molecular flexibility index (Phi) is 2.18. The van der Waals surface area contributed by atoms with Crippen molar-refractivity contribution in [2.24, 2.45) is 28.1 Å². The SMILES string of the molecule is C[C@@H]1CC[C@]23C(=O)C[C@H](C)[C@]12CCCC3(C)C. The van der Waals surface area contributed by atoms with Crippen LogP contribution in [0.25, 0.3) is 0 Å². The van der Waals surface area contributed by atoms with Crippen LogP contribution in [0.5, 0.6) is 0 Å². The number of Topliss-reactive ketones (excluding diaryl/α,β-unsaturated/α-hetero) is 1. The summed E-state index contributed by atoms with van der Waals surface area (Å²) in [5, 5.41) is 0. The molecule has 0 bridgehead atoms. The van der Waals surface area contributed by atoms with E-state index < -0.39 is 0 Å². The van der Waals surface area contributed by atoms with E-state index in [9.17, 15) is 4.79 Å². The quantitative estimate of drug-likeness (QED) is 0.613. The molecule has 0 N–H and O–H groups in total. The second kappa shape index (κ2) is 3.16.